The number of amides is 1. The number of carbonyl (C=O) groups is 1. The van der Waals surface area contributed by atoms with E-state index < -0.39 is 26.6 Å². The van der Waals surface area contributed by atoms with Crippen molar-refractivity contribution in [2.75, 3.05) is 32.8 Å². The molecule has 1 amide bonds. The first-order valence-electron chi connectivity index (χ1n) is 9.47. The molecule has 6 nitrogen and oxygen atoms in total. The van der Waals surface area contributed by atoms with E-state index in [1.165, 1.54) is 11.0 Å². The van der Waals surface area contributed by atoms with Crippen molar-refractivity contribution < 1.29 is 26.7 Å². The Morgan fingerprint density at radius 1 is 1.03 bits per heavy atom. The Morgan fingerprint density at radius 2 is 1.67 bits per heavy atom. The summed E-state index contributed by atoms with van der Waals surface area (Å²) in [7, 11) is -4.33. The first kappa shape index (κ1) is 21.9. The Labute approximate surface area is 174 Å². The second-order valence-corrected chi connectivity index (χ2v) is 8.46. The number of benzene rings is 2. The number of ether oxygens (including phenoxy) is 1. The van der Waals surface area contributed by atoms with Gasteiger partial charge in [0.05, 0.1) is 6.61 Å². The van der Waals surface area contributed by atoms with Gasteiger partial charge in [-0.25, -0.2) is 17.2 Å². The number of sulfonamides is 1. The summed E-state index contributed by atoms with van der Waals surface area (Å²) in [5.41, 5.74) is 0.754. The molecule has 0 unspecified atom stereocenters. The standard InChI is InChI=1S/C21H22F2N2O4S/c1-2-29-19-9-4-3-6-16(19)10-11-20(26)24-12-14-25(15-13-24)30(27,28)21-17(22)7-5-8-18(21)23/h3-11H,2,12-15H2,1H3/b11-10+. The smallest absolute Gasteiger partial charge is 0.249 e. The molecule has 1 fully saturated rings. The van der Waals surface area contributed by atoms with Crippen LogP contribution in [0.1, 0.15) is 12.5 Å². The van der Waals surface area contributed by atoms with Crippen molar-refractivity contribution in [3.63, 3.8) is 0 Å². The van der Waals surface area contributed by atoms with Crippen LogP contribution >= 0.6 is 0 Å². The third kappa shape index (κ3) is 4.68. The van der Waals surface area contributed by atoms with Crippen LogP contribution in [0.2, 0.25) is 0 Å². The number of hydrogen-bond donors (Lipinski definition) is 0. The van der Waals surface area contributed by atoms with Gasteiger partial charge in [-0.2, -0.15) is 4.31 Å². The minimum absolute atomic E-state index is 0.0504. The van der Waals surface area contributed by atoms with Crippen molar-refractivity contribution >= 4 is 22.0 Å². The van der Waals surface area contributed by atoms with Crippen LogP contribution in [0.5, 0.6) is 5.75 Å². The third-order valence-corrected chi connectivity index (χ3v) is 6.64. The number of carbonyl (C=O) groups excluding carboxylic acids is 1. The summed E-state index contributed by atoms with van der Waals surface area (Å²) in [5.74, 6) is -1.89. The highest BCUT2D eigenvalue weighted by molar-refractivity contribution is 7.89. The first-order valence-corrected chi connectivity index (χ1v) is 10.9. The average Bonchev–Trinajstić information content (AvgIpc) is 2.73. The molecule has 0 aliphatic carbocycles. The molecule has 0 atom stereocenters. The normalized spacial score (nSPS) is 15.5. The van der Waals surface area contributed by atoms with Gasteiger partial charge in [-0.1, -0.05) is 24.3 Å². The fraction of sp³-hybridized carbons (Fsp3) is 0.286. The lowest BCUT2D eigenvalue weighted by atomic mass is 10.2. The van der Waals surface area contributed by atoms with Crippen LogP contribution in [0.15, 0.2) is 53.4 Å². The quantitative estimate of drug-likeness (QED) is 0.653. The summed E-state index contributed by atoms with van der Waals surface area (Å²) in [6.45, 7) is 2.50. The maximum absolute atomic E-state index is 13.9. The molecule has 0 saturated carbocycles. The number of halogens is 2. The number of rotatable bonds is 6. The van der Waals surface area contributed by atoms with E-state index in [1.54, 1.807) is 12.1 Å². The van der Waals surface area contributed by atoms with Gasteiger partial charge in [-0.3, -0.25) is 4.79 Å². The molecule has 30 heavy (non-hydrogen) atoms. The molecule has 9 heteroatoms. The molecular formula is C21H22F2N2O4S. The highest BCUT2D eigenvalue weighted by atomic mass is 32.2. The lowest BCUT2D eigenvalue weighted by Crippen LogP contribution is -2.50. The summed E-state index contributed by atoms with van der Waals surface area (Å²) >= 11 is 0. The van der Waals surface area contributed by atoms with Crippen molar-refractivity contribution in [1.82, 2.24) is 9.21 Å². The van der Waals surface area contributed by atoms with E-state index in [2.05, 4.69) is 0 Å². The average molecular weight is 436 g/mol. The van der Waals surface area contributed by atoms with Gasteiger partial charge >= 0.3 is 0 Å². The Hall–Kier alpha value is -2.78. The molecule has 0 N–H and O–H groups in total. The zero-order valence-corrected chi connectivity index (χ0v) is 17.2. The molecule has 1 aliphatic rings. The predicted octanol–water partition coefficient (Wildman–Crippen LogP) is 2.91. The van der Waals surface area contributed by atoms with Gasteiger partial charge in [0.2, 0.25) is 15.9 Å². The van der Waals surface area contributed by atoms with Crippen LogP contribution in [0.25, 0.3) is 6.08 Å². The van der Waals surface area contributed by atoms with Gasteiger partial charge in [0.15, 0.2) is 4.90 Å². The lowest BCUT2D eigenvalue weighted by molar-refractivity contribution is -0.127. The van der Waals surface area contributed by atoms with Crippen molar-refractivity contribution in [2.24, 2.45) is 0 Å². The molecule has 0 radical (unpaired) electrons. The molecule has 160 valence electrons. The van der Waals surface area contributed by atoms with Crippen LogP contribution in [0, 0.1) is 11.6 Å². The Kier molecular flexibility index (Phi) is 6.84. The summed E-state index contributed by atoms with van der Waals surface area (Å²) in [6.07, 6.45) is 3.05. The highest BCUT2D eigenvalue weighted by Gasteiger charge is 2.33. The van der Waals surface area contributed by atoms with Gasteiger partial charge in [0.25, 0.3) is 0 Å². The zero-order chi connectivity index (χ0) is 21.7. The largest absolute Gasteiger partial charge is 0.493 e. The van der Waals surface area contributed by atoms with E-state index in [-0.39, 0.29) is 32.1 Å². The van der Waals surface area contributed by atoms with Gasteiger partial charge in [-0.15, -0.1) is 0 Å². The number of piperazine rings is 1. The van der Waals surface area contributed by atoms with E-state index >= 15 is 0 Å². The van der Waals surface area contributed by atoms with Gasteiger partial charge in [-0.05, 0) is 31.2 Å². The lowest BCUT2D eigenvalue weighted by Gasteiger charge is -2.33. The summed E-state index contributed by atoms with van der Waals surface area (Å²) in [5, 5.41) is 0. The topological polar surface area (TPSA) is 66.9 Å². The van der Waals surface area contributed by atoms with E-state index in [0.717, 1.165) is 28.1 Å². The van der Waals surface area contributed by atoms with Crippen molar-refractivity contribution in [3.05, 3.63) is 65.7 Å². The molecule has 1 aliphatic heterocycles. The van der Waals surface area contributed by atoms with Crippen LogP contribution in [0.4, 0.5) is 8.78 Å². The number of hydrogen-bond acceptors (Lipinski definition) is 4. The van der Waals surface area contributed by atoms with E-state index in [9.17, 15) is 22.0 Å². The number of nitrogens with zero attached hydrogens (tertiary/aromatic N) is 2. The second kappa shape index (κ2) is 9.36. The van der Waals surface area contributed by atoms with E-state index in [4.69, 9.17) is 4.74 Å². The second-order valence-electron chi connectivity index (χ2n) is 6.58. The SMILES string of the molecule is CCOc1ccccc1/C=C/C(=O)N1CCN(S(=O)(=O)c2c(F)cccc2F)CC1. The highest BCUT2D eigenvalue weighted by Crippen LogP contribution is 2.24. The van der Waals surface area contributed by atoms with Crippen LogP contribution in [-0.2, 0) is 14.8 Å². The van der Waals surface area contributed by atoms with E-state index in [0.29, 0.717) is 12.4 Å². The molecule has 0 spiro atoms. The predicted molar refractivity (Wildman–Crippen MR) is 108 cm³/mol. The fourth-order valence-corrected chi connectivity index (χ4v) is 4.71. The molecule has 2 aromatic rings. The van der Waals surface area contributed by atoms with Gasteiger partial charge in [0.1, 0.15) is 17.4 Å². The number of para-hydroxylation sites is 1. The van der Waals surface area contributed by atoms with Crippen LogP contribution in [-0.4, -0.2) is 56.3 Å². The zero-order valence-electron chi connectivity index (χ0n) is 16.4. The molecule has 0 bridgehead atoms. The Morgan fingerprint density at radius 3 is 2.30 bits per heavy atom. The molecule has 1 saturated heterocycles. The molecular weight excluding hydrogens is 414 g/mol. The maximum atomic E-state index is 13.9. The Balaban J connectivity index is 1.66. The van der Waals surface area contributed by atoms with Gasteiger partial charge < -0.3 is 9.64 Å². The first-order chi connectivity index (χ1) is 14.3. The van der Waals surface area contributed by atoms with Crippen LogP contribution in [0.3, 0.4) is 0 Å². The summed E-state index contributed by atoms with van der Waals surface area (Å²) in [4.78, 5) is 13.0. The molecule has 0 aromatic heterocycles. The monoisotopic (exact) mass is 436 g/mol. The maximum Gasteiger partial charge on any atom is 0.249 e. The Bertz CT molecular complexity index is 1030. The van der Waals surface area contributed by atoms with Crippen LogP contribution < -0.4 is 4.74 Å². The molecule has 2 aromatic carbocycles. The van der Waals surface area contributed by atoms with Crippen molar-refractivity contribution in [2.45, 2.75) is 11.8 Å². The fourth-order valence-electron chi connectivity index (χ4n) is 3.18. The van der Waals surface area contributed by atoms with Gasteiger partial charge in [0, 0.05) is 37.8 Å². The molecule has 1 heterocycles. The minimum atomic E-state index is -4.33. The minimum Gasteiger partial charge on any atom is -0.493 e. The third-order valence-electron chi connectivity index (χ3n) is 4.69. The van der Waals surface area contributed by atoms with Crippen molar-refractivity contribution in [1.29, 1.82) is 0 Å². The summed E-state index contributed by atoms with van der Waals surface area (Å²) in [6, 6.07) is 10.2. The van der Waals surface area contributed by atoms with Crippen molar-refractivity contribution in [3.8, 4) is 5.75 Å². The molecule has 3 rings (SSSR count). The summed E-state index contributed by atoms with van der Waals surface area (Å²) < 4.78 is 59.6. The van der Waals surface area contributed by atoms with E-state index in [1.807, 2.05) is 25.1 Å².